The molecule has 82 valence electrons. The first-order valence-corrected chi connectivity index (χ1v) is 5.02. The number of aryl methyl sites for hydroxylation is 1. The van der Waals surface area contributed by atoms with Crippen LogP contribution in [0, 0.1) is 0 Å². The summed E-state index contributed by atoms with van der Waals surface area (Å²) in [4.78, 5) is 15.2. The second-order valence-electron chi connectivity index (χ2n) is 3.78. The predicted octanol–water partition coefficient (Wildman–Crippen LogP) is 1.01. The summed E-state index contributed by atoms with van der Waals surface area (Å²) in [7, 11) is 1.71. The minimum Gasteiger partial charge on any atom is -0.477 e. The van der Waals surface area contributed by atoms with Gasteiger partial charge in [0.1, 0.15) is 5.69 Å². The first-order valence-electron chi connectivity index (χ1n) is 5.02. The second kappa shape index (κ2) is 4.02. The van der Waals surface area contributed by atoms with Gasteiger partial charge < -0.3 is 14.4 Å². The minimum atomic E-state index is -0.906. The molecule has 5 nitrogen and oxygen atoms in total. The van der Waals surface area contributed by atoms with Crippen LogP contribution in [0.15, 0.2) is 6.33 Å². The van der Waals surface area contributed by atoms with Gasteiger partial charge in [-0.3, -0.25) is 0 Å². The number of aromatic carboxylic acids is 1. The van der Waals surface area contributed by atoms with Gasteiger partial charge >= 0.3 is 5.97 Å². The Morgan fingerprint density at radius 2 is 2.27 bits per heavy atom. The molecule has 1 aliphatic rings. The lowest BCUT2D eigenvalue weighted by atomic mass is 9.95. The molecule has 0 aromatic carbocycles. The van der Waals surface area contributed by atoms with Crippen LogP contribution in [-0.4, -0.2) is 33.8 Å². The SMILES string of the molecule is Cn1cnc(C2CCOCC2)c1C(=O)O. The number of carboxylic acids is 1. The molecule has 5 heteroatoms. The summed E-state index contributed by atoms with van der Waals surface area (Å²) in [6, 6.07) is 0. The van der Waals surface area contributed by atoms with Gasteiger partial charge in [-0.05, 0) is 12.8 Å². The van der Waals surface area contributed by atoms with E-state index in [9.17, 15) is 4.79 Å². The zero-order chi connectivity index (χ0) is 10.8. The van der Waals surface area contributed by atoms with Crippen molar-refractivity contribution < 1.29 is 14.6 Å². The number of hydrogen-bond acceptors (Lipinski definition) is 3. The normalized spacial score (nSPS) is 17.9. The maximum atomic E-state index is 11.1. The fourth-order valence-electron chi connectivity index (χ4n) is 1.98. The van der Waals surface area contributed by atoms with Crippen molar-refractivity contribution >= 4 is 5.97 Å². The molecule has 2 rings (SSSR count). The van der Waals surface area contributed by atoms with E-state index in [4.69, 9.17) is 9.84 Å². The Morgan fingerprint density at radius 1 is 1.60 bits per heavy atom. The fourth-order valence-corrected chi connectivity index (χ4v) is 1.98. The van der Waals surface area contributed by atoms with E-state index in [0.717, 1.165) is 12.8 Å². The summed E-state index contributed by atoms with van der Waals surface area (Å²) in [6.45, 7) is 1.39. The van der Waals surface area contributed by atoms with Crippen LogP contribution in [0.3, 0.4) is 0 Å². The van der Waals surface area contributed by atoms with E-state index in [1.165, 1.54) is 0 Å². The van der Waals surface area contributed by atoms with Crippen molar-refractivity contribution in [1.29, 1.82) is 0 Å². The van der Waals surface area contributed by atoms with E-state index in [2.05, 4.69) is 4.98 Å². The minimum absolute atomic E-state index is 0.228. The van der Waals surface area contributed by atoms with Gasteiger partial charge in [-0.1, -0.05) is 0 Å². The number of ether oxygens (including phenoxy) is 1. The van der Waals surface area contributed by atoms with Crippen molar-refractivity contribution in [2.24, 2.45) is 7.05 Å². The van der Waals surface area contributed by atoms with Crippen LogP contribution in [0.1, 0.15) is 34.9 Å². The van der Waals surface area contributed by atoms with Gasteiger partial charge in [0.25, 0.3) is 0 Å². The molecule has 15 heavy (non-hydrogen) atoms. The third kappa shape index (κ3) is 1.87. The van der Waals surface area contributed by atoms with Crippen molar-refractivity contribution in [3.63, 3.8) is 0 Å². The van der Waals surface area contributed by atoms with Gasteiger partial charge in [-0.15, -0.1) is 0 Å². The lowest BCUT2D eigenvalue weighted by Crippen LogP contribution is -2.17. The molecule has 1 fully saturated rings. The zero-order valence-electron chi connectivity index (χ0n) is 8.64. The fraction of sp³-hybridized carbons (Fsp3) is 0.600. The quantitative estimate of drug-likeness (QED) is 0.791. The van der Waals surface area contributed by atoms with Gasteiger partial charge in [0.05, 0.1) is 12.0 Å². The molecule has 0 radical (unpaired) electrons. The van der Waals surface area contributed by atoms with Crippen LogP contribution in [0.2, 0.25) is 0 Å². The van der Waals surface area contributed by atoms with E-state index in [1.807, 2.05) is 0 Å². The third-order valence-corrected chi connectivity index (χ3v) is 2.78. The van der Waals surface area contributed by atoms with Crippen molar-refractivity contribution in [2.45, 2.75) is 18.8 Å². The first kappa shape index (κ1) is 10.2. The molecule has 0 amide bonds. The highest BCUT2D eigenvalue weighted by Crippen LogP contribution is 2.27. The molecular weight excluding hydrogens is 196 g/mol. The summed E-state index contributed by atoms with van der Waals surface area (Å²) in [5.74, 6) is -0.678. The van der Waals surface area contributed by atoms with Crippen LogP contribution >= 0.6 is 0 Å². The standard InChI is InChI=1S/C10H14N2O3/c1-12-6-11-8(9(12)10(13)14)7-2-4-15-5-3-7/h6-7H,2-5H2,1H3,(H,13,14). The average molecular weight is 210 g/mol. The van der Waals surface area contributed by atoms with Crippen molar-refractivity contribution in [3.05, 3.63) is 17.7 Å². The smallest absolute Gasteiger partial charge is 0.354 e. The summed E-state index contributed by atoms with van der Waals surface area (Å²) in [6.07, 6.45) is 3.28. The van der Waals surface area contributed by atoms with Gasteiger partial charge in [0.2, 0.25) is 0 Å². The Balaban J connectivity index is 2.30. The van der Waals surface area contributed by atoms with Crippen LogP contribution in [0.4, 0.5) is 0 Å². The van der Waals surface area contributed by atoms with E-state index >= 15 is 0 Å². The molecule has 0 spiro atoms. The van der Waals surface area contributed by atoms with Crippen LogP contribution in [0.25, 0.3) is 0 Å². The first-order chi connectivity index (χ1) is 7.20. The number of imidazole rings is 1. The summed E-state index contributed by atoms with van der Waals surface area (Å²) >= 11 is 0. The van der Waals surface area contributed by atoms with Crippen LogP contribution in [0.5, 0.6) is 0 Å². The summed E-state index contributed by atoms with van der Waals surface area (Å²) in [5.41, 5.74) is 1.01. The molecule has 0 unspecified atom stereocenters. The monoisotopic (exact) mass is 210 g/mol. The molecule has 0 bridgehead atoms. The Morgan fingerprint density at radius 3 is 2.87 bits per heavy atom. The maximum absolute atomic E-state index is 11.1. The predicted molar refractivity (Wildman–Crippen MR) is 53.0 cm³/mol. The molecule has 0 aliphatic carbocycles. The van der Waals surface area contributed by atoms with E-state index in [1.54, 1.807) is 17.9 Å². The third-order valence-electron chi connectivity index (χ3n) is 2.78. The molecular formula is C10H14N2O3. The van der Waals surface area contributed by atoms with Crippen LogP contribution in [-0.2, 0) is 11.8 Å². The Hall–Kier alpha value is -1.36. The average Bonchev–Trinajstić information content (AvgIpc) is 2.61. The maximum Gasteiger partial charge on any atom is 0.354 e. The van der Waals surface area contributed by atoms with Crippen molar-refractivity contribution in [2.75, 3.05) is 13.2 Å². The van der Waals surface area contributed by atoms with Gasteiger partial charge in [0.15, 0.2) is 0 Å². The highest BCUT2D eigenvalue weighted by Gasteiger charge is 2.25. The van der Waals surface area contributed by atoms with Gasteiger partial charge in [-0.25, -0.2) is 9.78 Å². The van der Waals surface area contributed by atoms with Crippen LogP contribution < -0.4 is 0 Å². The Kier molecular flexibility index (Phi) is 2.73. The molecule has 1 aliphatic heterocycles. The van der Waals surface area contributed by atoms with Crippen molar-refractivity contribution in [3.8, 4) is 0 Å². The van der Waals surface area contributed by atoms with Crippen molar-refractivity contribution in [1.82, 2.24) is 9.55 Å². The highest BCUT2D eigenvalue weighted by molar-refractivity contribution is 5.87. The molecule has 0 atom stereocenters. The number of nitrogens with zero attached hydrogens (tertiary/aromatic N) is 2. The molecule has 1 aromatic heterocycles. The molecule has 1 N–H and O–H groups in total. The topological polar surface area (TPSA) is 64.4 Å². The Labute approximate surface area is 87.7 Å². The number of hydrogen-bond donors (Lipinski definition) is 1. The summed E-state index contributed by atoms with van der Waals surface area (Å²) < 4.78 is 6.81. The lowest BCUT2D eigenvalue weighted by molar-refractivity contribution is 0.0673. The largest absolute Gasteiger partial charge is 0.477 e. The lowest BCUT2D eigenvalue weighted by Gasteiger charge is -2.20. The number of carbonyl (C=O) groups is 1. The van der Waals surface area contributed by atoms with E-state index in [0.29, 0.717) is 24.6 Å². The number of rotatable bonds is 2. The Bertz CT molecular complexity index is 367. The van der Waals surface area contributed by atoms with E-state index in [-0.39, 0.29) is 5.92 Å². The molecule has 1 saturated heterocycles. The zero-order valence-corrected chi connectivity index (χ0v) is 8.64. The molecule has 0 saturated carbocycles. The van der Waals surface area contributed by atoms with Gasteiger partial charge in [-0.2, -0.15) is 0 Å². The van der Waals surface area contributed by atoms with Gasteiger partial charge in [0, 0.05) is 26.2 Å². The number of aromatic nitrogens is 2. The second-order valence-corrected chi connectivity index (χ2v) is 3.78. The van der Waals surface area contributed by atoms with E-state index < -0.39 is 5.97 Å². The number of carboxylic acid groups (broad SMARTS) is 1. The molecule has 1 aromatic rings. The highest BCUT2D eigenvalue weighted by atomic mass is 16.5. The molecule has 2 heterocycles. The summed E-state index contributed by atoms with van der Waals surface area (Å²) in [5, 5.41) is 9.07.